The SMILES string of the molecule is COC(=O)c1ncc(Cl)nc1C#N. The Hall–Kier alpha value is -1.67. The molecule has 5 nitrogen and oxygen atoms in total. The summed E-state index contributed by atoms with van der Waals surface area (Å²) in [5.74, 6) is -0.708. The summed E-state index contributed by atoms with van der Waals surface area (Å²) in [7, 11) is 1.19. The van der Waals surface area contributed by atoms with Gasteiger partial charge >= 0.3 is 5.97 Å². The fourth-order valence-corrected chi connectivity index (χ4v) is 0.825. The Morgan fingerprint density at radius 3 is 3.00 bits per heavy atom. The van der Waals surface area contributed by atoms with Gasteiger partial charge in [0.2, 0.25) is 0 Å². The van der Waals surface area contributed by atoms with Gasteiger partial charge in [-0.2, -0.15) is 5.26 Å². The summed E-state index contributed by atoms with van der Waals surface area (Å²) in [5, 5.41) is 8.63. The largest absolute Gasteiger partial charge is 0.464 e. The van der Waals surface area contributed by atoms with E-state index in [4.69, 9.17) is 16.9 Å². The molecular formula is C7H4ClN3O2. The first-order chi connectivity index (χ1) is 6.19. The smallest absolute Gasteiger partial charge is 0.359 e. The van der Waals surface area contributed by atoms with Crippen LogP contribution in [0.15, 0.2) is 6.20 Å². The van der Waals surface area contributed by atoms with Gasteiger partial charge in [0, 0.05) is 0 Å². The Morgan fingerprint density at radius 2 is 2.46 bits per heavy atom. The molecular weight excluding hydrogens is 194 g/mol. The number of carbonyl (C=O) groups excluding carboxylic acids is 1. The maximum absolute atomic E-state index is 11.0. The van der Waals surface area contributed by atoms with Gasteiger partial charge in [-0.3, -0.25) is 0 Å². The van der Waals surface area contributed by atoms with Gasteiger partial charge < -0.3 is 4.74 Å². The highest BCUT2D eigenvalue weighted by Gasteiger charge is 2.14. The minimum atomic E-state index is -0.708. The Bertz CT molecular complexity index is 386. The predicted octanol–water partition coefficient (Wildman–Crippen LogP) is 0.788. The lowest BCUT2D eigenvalue weighted by Crippen LogP contribution is -2.08. The van der Waals surface area contributed by atoms with Crippen LogP contribution in [0.3, 0.4) is 0 Å². The van der Waals surface area contributed by atoms with E-state index in [0.29, 0.717) is 0 Å². The molecule has 66 valence electrons. The van der Waals surface area contributed by atoms with Crippen molar-refractivity contribution in [2.24, 2.45) is 0 Å². The molecule has 6 heteroatoms. The number of aromatic nitrogens is 2. The number of carbonyl (C=O) groups is 1. The van der Waals surface area contributed by atoms with Gasteiger partial charge in [-0.15, -0.1) is 0 Å². The molecule has 0 saturated heterocycles. The van der Waals surface area contributed by atoms with Gasteiger partial charge in [0.25, 0.3) is 0 Å². The topological polar surface area (TPSA) is 75.9 Å². The lowest BCUT2D eigenvalue weighted by atomic mass is 10.3. The van der Waals surface area contributed by atoms with E-state index in [0.717, 1.165) is 0 Å². The summed E-state index contributed by atoms with van der Waals surface area (Å²) in [6.07, 6.45) is 1.18. The van der Waals surface area contributed by atoms with Crippen LogP contribution in [0.1, 0.15) is 16.2 Å². The standard InChI is InChI=1S/C7H4ClN3O2/c1-13-7(12)6-4(2-9)11-5(8)3-10-6/h3H,1H3. The Kier molecular flexibility index (Phi) is 2.77. The molecule has 0 saturated carbocycles. The number of nitrogens with zero attached hydrogens (tertiary/aromatic N) is 3. The monoisotopic (exact) mass is 197 g/mol. The highest BCUT2D eigenvalue weighted by Crippen LogP contribution is 2.07. The van der Waals surface area contributed by atoms with E-state index in [-0.39, 0.29) is 16.5 Å². The molecule has 0 spiro atoms. The van der Waals surface area contributed by atoms with Gasteiger partial charge in [-0.25, -0.2) is 14.8 Å². The third-order valence-corrected chi connectivity index (χ3v) is 1.41. The molecule has 1 aromatic rings. The quantitative estimate of drug-likeness (QED) is 0.622. The van der Waals surface area contributed by atoms with Gasteiger partial charge in [0.15, 0.2) is 11.4 Å². The summed E-state index contributed by atoms with van der Waals surface area (Å²) in [6, 6.07) is 1.69. The van der Waals surface area contributed by atoms with Crippen molar-refractivity contribution < 1.29 is 9.53 Å². The van der Waals surface area contributed by atoms with Crippen molar-refractivity contribution in [2.45, 2.75) is 0 Å². The molecule has 0 atom stereocenters. The molecule has 0 aromatic carbocycles. The van der Waals surface area contributed by atoms with Gasteiger partial charge in [0.05, 0.1) is 13.3 Å². The van der Waals surface area contributed by atoms with E-state index >= 15 is 0 Å². The zero-order valence-corrected chi connectivity index (χ0v) is 7.37. The summed E-state index contributed by atoms with van der Waals surface area (Å²) in [4.78, 5) is 18.2. The Labute approximate surface area is 78.9 Å². The number of esters is 1. The third-order valence-electron chi connectivity index (χ3n) is 1.23. The van der Waals surface area contributed by atoms with Crippen molar-refractivity contribution in [3.8, 4) is 6.07 Å². The maximum Gasteiger partial charge on any atom is 0.359 e. The van der Waals surface area contributed by atoms with Crippen LogP contribution in [0.2, 0.25) is 5.15 Å². The second-order valence-electron chi connectivity index (χ2n) is 1.99. The number of rotatable bonds is 1. The van der Waals surface area contributed by atoms with Crippen LogP contribution in [0.4, 0.5) is 0 Å². The third kappa shape index (κ3) is 1.92. The van der Waals surface area contributed by atoms with Gasteiger partial charge in [-0.05, 0) is 0 Å². The summed E-state index contributed by atoms with van der Waals surface area (Å²) in [5.41, 5.74) is -0.270. The highest BCUT2D eigenvalue weighted by atomic mass is 35.5. The molecule has 0 aliphatic rings. The summed E-state index contributed by atoms with van der Waals surface area (Å²) in [6.45, 7) is 0. The fraction of sp³-hybridized carbons (Fsp3) is 0.143. The van der Waals surface area contributed by atoms with Crippen LogP contribution < -0.4 is 0 Å². The molecule has 0 N–H and O–H groups in total. The van der Waals surface area contributed by atoms with Gasteiger partial charge in [0.1, 0.15) is 11.2 Å². The lowest BCUT2D eigenvalue weighted by Gasteiger charge is -1.98. The number of ether oxygens (including phenoxy) is 1. The van der Waals surface area contributed by atoms with E-state index in [1.54, 1.807) is 6.07 Å². The van der Waals surface area contributed by atoms with E-state index in [1.807, 2.05) is 0 Å². The number of hydrogen-bond acceptors (Lipinski definition) is 5. The van der Waals surface area contributed by atoms with E-state index in [9.17, 15) is 4.79 Å². The highest BCUT2D eigenvalue weighted by molar-refractivity contribution is 6.29. The van der Waals surface area contributed by atoms with Gasteiger partial charge in [-0.1, -0.05) is 11.6 Å². The zero-order chi connectivity index (χ0) is 9.84. The molecule has 0 unspecified atom stereocenters. The average Bonchev–Trinajstić information content (AvgIpc) is 2.16. The summed E-state index contributed by atoms with van der Waals surface area (Å²) < 4.78 is 4.38. The molecule has 1 rings (SSSR count). The molecule has 0 aliphatic heterocycles. The second kappa shape index (κ2) is 3.83. The minimum absolute atomic E-state index is 0.0594. The second-order valence-corrected chi connectivity index (χ2v) is 2.38. The van der Waals surface area contributed by atoms with Crippen LogP contribution in [0, 0.1) is 11.3 Å². The molecule has 0 radical (unpaired) electrons. The van der Waals surface area contributed by atoms with Crippen LogP contribution in [-0.4, -0.2) is 23.0 Å². The minimum Gasteiger partial charge on any atom is -0.464 e. The van der Waals surface area contributed by atoms with E-state index in [1.165, 1.54) is 13.3 Å². The zero-order valence-electron chi connectivity index (χ0n) is 6.61. The lowest BCUT2D eigenvalue weighted by molar-refractivity contribution is 0.0593. The van der Waals surface area contributed by atoms with Crippen molar-refractivity contribution in [3.05, 3.63) is 22.7 Å². The molecule has 1 aromatic heterocycles. The average molecular weight is 198 g/mol. The van der Waals surface area contributed by atoms with E-state index in [2.05, 4.69) is 14.7 Å². The number of nitriles is 1. The number of hydrogen-bond donors (Lipinski definition) is 0. The maximum atomic E-state index is 11.0. The normalized spacial score (nSPS) is 9.00. The van der Waals surface area contributed by atoms with Crippen LogP contribution >= 0.6 is 11.6 Å². The number of halogens is 1. The van der Waals surface area contributed by atoms with Crippen molar-refractivity contribution in [1.82, 2.24) is 9.97 Å². The molecule has 0 aliphatic carbocycles. The first-order valence-corrected chi connectivity index (χ1v) is 3.57. The van der Waals surface area contributed by atoms with Crippen LogP contribution in [-0.2, 0) is 4.74 Å². The molecule has 13 heavy (non-hydrogen) atoms. The fourth-order valence-electron chi connectivity index (χ4n) is 0.692. The van der Waals surface area contributed by atoms with Crippen molar-refractivity contribution in [3.63, 3.8) is 0 Å². The molecule has 0 bridgehead atoms. The van der Waals surface area contributed by atoms with Crippen LogP contribution in [0.5, 0.6) is 0 Å². The first-order valence-electron chi connectivity index (χ1n) is 3.20. The predicted molar refractivity (Wildman–Crippen MR) is 43.1 cm³/mol. The Morgan fingerprint density at radius 1 is 1.77 bits per heavy atom. The van der Waals surface area contributed by atoms with Crippen molar-refractivity contribution >= 4 is 17.6 Å². The van der Waals surface area contributed by atoms with Crippen molar-refractivity contribution in [1.29, 1.82) is 5.26 Å². The summed E-state index contributed by atoms with van der Waals surface area (Å²) >= 11 is 5.47. The molecule has 0 amide bonds. The number of methoxy groups -OCH3 is 1. The van der Waals surface area contributed by atoms with Crippen molar-refractivity contribution in [2.75, 3.05) is 7.11 Å². The molecule has 1 heterocycles. The van der Waals surface area contributed by atoms with E-state index < -0.39 is 5.97 Å². The Balaban J connectivity index is 3.23. The first kappa shape index (κ1) is 9.42. The molecule has 0 fully saturated rings. The van der Waals surface area contributed by atoms with Crippen LogP contribution in [0.25, 0.3) is 0 Å².